The predicted octanol–water partition coefficient (Wildman–Crippen LogP) is 3.37. The highest BCUT2D eigenvalue weighted by Crippen LogP contribution is 2.41. The predicted molar refractivity (Wildman–Crippen MR) is 107 cm³/mol. The average Bonchev–Trinajstić information content (AvgIpc) is 3.43. The van der Waals surface area contributed by atoms with Crippen LogP contribution in [0.25, 0.3) is 0 Å². The van der Waals surface area contributed by atoms with Gasteiger partial charge in [0.25, 0.3) is 5.56 Å². The maximum absolute atomic E-state index is 12.4. The first-order valence-corrected chi connectivity index (χ1v) is 11.4. The number of likely N-dealkylation sites (tertiary alicyclic amines) is 1. The van der Waals surface area contributed by atoms with E-state index in [-0.39, 0.29) is 5.56 Å². The Balaban J connectivity index is 1.16. The van der Waals surface area contributed by atoms with Gasteiger partial charge in [0.1, 0.15) is 0 Å². The lowest BCUT2D eigenvalue weighted by atomic mass is 9.96. The average molecular weight is 385 g/mol. The summed E-state index contributed by atoms with van der Waals surface area (Å²) < 4.78 is 1.74. The van der Waals surface area contributed by atoms with E-state index in [9.17, 15) is 4.79 Å². The van der Waals surface area contributed by atoms with E-state index >= 15 is 0 Å². The number of hydrogen-bond acceptors (Lipinski definition) is 5. The Hall–Kier alpha value is -1.53. The highest BCUT2D eigenvalue weighted by Gasteiger charge is 2.27. The van der Waals surface area contributed by atoms with Crippen LogP contribution < -0.4 is 5.56 Å². The molecule has 3 heterocycles. The highest BCUT2D eigenvalue weighted by atomic mass is 32.1. The lowest BCUT2D eigenvalue weighted by Gasteiger charge is -2.31. The third kappa shape index (κ3) is 4.02. The topological polar surface area (TPSA) is 51.0 Å². The van der Waals surface area contributed by atoms with E-state index in [4.69, 9.17) is 10.1 Å². The molecule has 5 nitrogen and oxygen atoms in total. The first-order chi connectivity index (χ1) is 13.2. The van der Waals surface area contributed by atoms with Crippen molar-refractivity contribution in [2.45, 2.75) is 70.4 Å². The highest BCUT2D eigenvalue weighted by molar-refractivity contribution is 7.09. The van der Waals surface area contributed by atoms with Gasteiger partial charge < -0.3 is 0 Å². The van der Waals surface area contributed by atoms with Crippen molar-refractivity contribution in [2.75, 3.05) is 13.1 Å². The van der Waals surface area contributed by atoms with Gasteiger partial charge in [-0.05, 0) is 75.9 Å². The smallest absolute Gasteiger partial charge is 0.267 e. The number of fused-ring (bicyclic) bond motifs is 1. The molecule has 1 saturated heterocycles. The molecule has 2 fully saturated rings. The number of piperidine rings is 1. The van der Waals surface area contributed by atoms with Crippen LogP contribution in [-0.2, 0) is 25.9 Å². The standard InChI is InChI=1S/C21H28N4OS/c26-20-11-17-3-1-2-4-19(17)23-25(20)12-15-7-9-24(10-8-15)13-18-14-27-21(22-18)16-5-6-16/h11,14-16H,1-10,12-13H2. The van der Waals surface area contributed by atoms with Gasteiger partial charge in [0, 0.05) is 30.5 Å². The fourth-order valence-electron chi connectivity index (χ4n) is 4.45. The SMILES string of the molecule is O=c1cc2c(nn1CC1CCN(Cc3csc(C4CC4)n3)CC1)CCCC2. The maximum atomic E-state index is 12.4. The number of rotatable bonds is 5. The van der Waals surface area contributed by atoms with Gasteiger partial charge in [0.2, 0.25) is 0 Å². The largest absolute Gasteiger partial charge is 0.297 e. The van der Waals surface area contributed by atoms with E-state index in [0.29, 0.717) is 5.92 Å². The summed E-state index contributed by atoms with van der Waals surface area (Å²) in [4.78, 5) is 19.8. The van der Waals surface area contributed by atoms with Crippen molar-refractivity contribution in [3.63, 3.8) is 0 Å². The summed E-state index contributed by atoms with van der Waals surface area (Å²) in [5.74, 6) is 1.32. The molecule has 0 amide bonds. The van der Waals surface area contributed by atoms with E-state index in [2.05, 4.69) is 10.3 Å². The monoisotopic (exact) mass is 384 g/mol. The Morgan fingerprint density at radius 3 is 2.74 bits per heavy atom. The van der Waals surface area contributed by atoms with E-state index < -0.39 is 0 Å². The van der Waals surface area contributed by atoms with Crippen molar-refractivity contribution in [3.8, 4) is 0 Å². The summed E-state index contributed by atoms with van der Waals surface area (Å²) >= 11 is 1.84. The molecule has 2 aromatic rings. The third-order valence-electron chi connectivity index (χ3n) is 6.29. The van der Waals surface area contributed by atoms with Gasteiger partial charge in [-0.3, -0.25) is 9.69 Å². The molecule has 27 heavy (non-hydrogen) atoms. The molecule has 0 unspecified atom stereocenters. The van der Waals surface area contributed by atoms with Crippen LogP contribution in [0.2, 0.25) is 0 Å². The summed E-state index contributed by atoms with van der Waals surface area (Å²) in [6, 6.07) is 1.84. The molecule has 1 aliphatic heterocycles. The zero-order valence-corrected chi connectivity index (χ0v) is 16.7. The van der Waals surface area contributed by atoms with E-state index in [1.165, 1.54) is 41.9 Å². The number of nitrogens with zero attached hydrogens (tertiary/aromatic N) is 4. The first-order valence-electron chi connectivity index (χ1n) is 10.5. The van der Waals surface area contributed by atoms with Crippen LogP contribution in [0.5, 0.6) is 0 Å². The summed E-state index contributed by atoms with van der Waals surface area (Å²) in [6.45, 7) is 3.96. The molecule has 3 aliphatic rings. The first kappa shape index (κ1) is 17.6. The summed E-state index contributed by atoms with van der Waals surface area (Å²) in [7, 11) is 0. The molecule has 5 rings (SSSR count). The summed E-state index contributed by atoms with van der Waals surface area (Å²) in [5.41, 5.74) is 3.68. The number of aromatic nitrogens is 3. The van der Waals surface area contributed by atoms with Crippen LogP contribution in [0.3, 0.4) is 0 Å². The van der Waals surface area contributed by atoms with E-state index in [0.717, 1.165) is 63.5 Å². The maximum Gasteiger partial charge on any atom is 0.267 e. The van der Waals surface area contributed by atoms with Gasteiger partial charge in [-0.15, -0.1) is 11.3 Å². The van der Waals surface area contributed by atoms with Crippen LogP contribution in [0.15, 0.2) is 16.2 Å². The Morgan fingerprint density at radius 1 is 1.11 bits per heavy atom. The molecule has 0 atom stereocenters. The van der Waals surface area contributed by atoms with Gasteiger partial charge in [0.15, 0.2) is 0 Å². The van der Waals surface area contributed by atoms with E-state index in [1.54, 1.807) is 4.68 Å². The molecule has 0 N–H and O–H groups in total. The van der Waals surface area contributed by atoms with Crippen LogP contribution in [-0.4, -0.2) is 32.8 Å². The van der Waals surface area contributed by atoms with Gasteiger partial charge in [-0.1, -0.05) is 0 Å². The second-order valence-corrected chi connectivity index (χ2v) is 9.40. The second-order valence-electron chi connectivity index (χ2n) is 8.51. The zero-order chi connectivity index (χ0) is 18.2. The molecule has 0 spiro atoms. The number of hydrogen-bond donors (Lipinski definition) is 0. The Bertz CT molecular complexity index is 861. The lowest BCUT2D eigenvalue weighted by molar-refractivity contribution is 0.162. The molecule has 6 heteroatoms. The van der Waals surface area contributed by atoms with E-state index in [1.807, 2.05) is 17.4 Å². The zero-order valence-electron chi connectivity index (χ0n) is 15.9. The number of aryl methyl sites for hydroxylation is 2. The van der Waals surface area contributed by atoms with Crippen molar-refractivity contribution in [3.05, 3.63) is 43.8 Å². The third-order valence-corrected chi connectivity index (χ3v) is 7.35. The molecule has 0 radical (unpaired) electrons. The summed E-state index contributed by atoms with van der Waals surface area (Å²) in [6.07, 6.45) is 9.40. The normalized spacial score (nSPS) is 21.3. The van der Waals surface area contributed by atoms with Gasteiger partial charge >= 0.3 is 0 Å². The van der Waals surface area contributed by atoms with Gasteiger partial charge in [-0.2, -0.15) is 5.10 Å². The second kappa shape index (κ2) is 7.47. The molecule has 0 bridgehead atoms. The van der Waals surface area contributed by atoms with Crippen molar-refractivity contribution in [1.82, 2.24) is 19.7 Å². The molecular formula is C21H28N4OS. The van der Waals surface area contributed by atoms with Gasteiger partial charge in [-0.25, -0.2) is 9.67 Å². The van der Waals surface area contributed by atoms with Crippen molar-refractivity contribution in [2.24, 2.45) is 5.92 Å². The molecule has 2 aromatic heterocycles. The Morgan fingerprint density at radius 2 is 1.93 bits per heavy atom. The fraction of sp³-hybridized carbons (Fsp3) is 0.667. The molecule has 2 aliphatic carbocycles. The minimum Gasteiger partial charge on any atom is -0.297 e. The van der Waals surface area contributed by atoms with Crippen LogP contribution in [0.4, 0.5) is 0 Å². The van der Waals surface area contributed by atoms with Crippen molar-refractivity contribution in [1.29, 1.82) is 0 Å². The van der Waals surface area contributed by atoms with Gasteiger partial charge in [0.05, 0.1) is 16.4 Å². The Kier molecular flexibility index (Phi) is 4.86. The lowest BCUT2D eigenvalue weighted by Crippen LogP contribution is -2.37. The van der Waals surface area contributed by atoms with Crippen molar-refractivity contribution >= 4 is 11.3 Å². The van der Waals surface area contributed by atoms with Crippen LogP contribution >= 0.6 is 11.3 Å². The van der Waals surface area contributed by atoms with Crippen LogP contribution in [0.1, 0.15) is 66.4 Å². The fourth-order valence-corrected chi connectivity index (χ4v) is 5.43. The molecule has 1 saturated carbocycles. The summed E-state index contributed by atoms with van der Waals surface area (Å²) in [5, 5.41) is 8.29. The Labute approximate surface area is 164 Å². The number of thiazole rings is 1. The minimum absolute atomic E-state index is 0.0909. The minimum atomic E-state index is 0.0909. The molecule has 144 valence electrons. The molecule has 0 aromatic carbocycles. The molecular weight excluding hydrogens is 356 g/mol. The van der Waals surface area contributed by atoms with Crippen LogP contribution in [0, 0.1) is 5.92 Å². The quantitative estimate of drug-likeness (QED) is 0.793. The van der Waals surface area contributed by atoms with Crippen molar-refractivity contribution < 1.29 is 0 Å².